The summed E-state index contributed by atoms with van der Waals surface area (Å²) in [6, 6.07) is 11.5. The number of hydrogen-bond donors (Lipinski definition) is 2. The van der Waals surface area contributed by atoms with Gasteiger partial charge in [-0.2, -0.15) is 4.68 Å². The SMILES string of the molecule is CCOC(=O)C1=C(CSc2nc3nn(-c4ccccc4)c(=O)c-3c3n2CCCCC3)NC(=O)N[C@H]1c1ccco1. The van der Waals surface area contributed by atoms with E-state index in [0.29, 0.717) is 40.2 Å². The highest BCUT2D eigenvalue weighted by molar-refractivity contribution is 7.99. The molecule has 0 saturated carbocycles. The van der Waals surface area contributed by atoms with E-state index >= 15 is 0 Å². The van der Waals surface area contributed by atoms with E-state index in [9.17, 15) is 14.4 Å². The molecule has 2 N–H and O–H groups in total. The predicted octanol–water partition coefficient (Wildman–Crippen LogP) is 3.82. The summed E-state index contributed by atoms with van der Waals surface area (Å²) in [5, 5.41) is 10.8. The number of nitrogens with zero attached hydrogens (tertiary/aromatic N) is 4. The number of carbonyl (C=O) groups is 2. The number of benzene rings is 1. The lowest BCUT2D eigenvalue weighted by atomic mass is 10.0. The summed E-state index contributed by atoms with van der Waals surface area (Å²) in [5.74, 6) is 0.504. The van der Waals surface area contributed by atoms with Gasteiger partial charge in [-0.15, -0.1) is 5.10 Å². The van der Waals surface area contributed by atoms with Crippen LogP contribution in [0.4, 0.5) is 4.79 Å². The molecule has 4 aliphatic heterocycles. The Balaban J connectivity index is 1.42. The van der Waals surface area contributed by atoms with E-state index in [1.165, 1.54) is 22.7 Å². The number of nitrogens with one attached hydrogen (secondary N) is 2. The van der Waals surface area contributed by atoms with Crippen molar-refractivity contribution in [3.8, 4) is 17.1 Å². The van der Waals surface area contributed by atoms with Gasteiger partial charge >= 0.3 is 12.0 Å². The number of thioether (sulfide) groups is 1. The molecule has 12 heteroatoms. The van der Waals surface area contributed by atoms with Crippen LogP contribution in [0.15, 0.2) is 74.4 Å². The Morgan fingerprint density at radius 2 is 2.00 bits per heavy atom. The van der Waals surface area contributed by atoms with E-state index in [2.05, 4.69) is 20.3 Å². The first-order valence-electron chi connectivity index (χ1n) is 13.3. The minimum Gasteiger partial charge on any atom is -0.467 e. The molecule has 1 aromatic carbocycles. The number of amides is 2. The van der Waals surface area contributed by atoms with Crippen LogP contribution < -0.4 is 16.2 Å². The van der Waals surface area contributed by atoms with Crippen LogP contribution in [0.3, 0.4) is 0 Å². The van der Waals surface area contributed by atoms with Crippen LogP contribution in [0.5, 0.6) is 0 Å². The van der Waals surface area contributed by atoms with E-state index in [0.717, 1.165) is 31.4 Å². The second kappa shape index (κ2) is 11.0. The molecule has 0 fully saturated rings. The lowest BCUT2D eigenvalue weighted by molar-refractivity contribution is -0.139. The Morgan fingerprint density at radius 1 is 1.15 bits per heavy atom. The second-order valence-corrected chi connectivity index (χ2v) is 10.4. The smallest absolute Gasteiger partial charge is 0.338 e. The van der Waals surface area contributed by atoms with Crippen molar-refractivity contribution >= 4 is 23.8 Å². The molecule has 0 bridgehead atoms. The van der Waals surface area contributed by atoms with Crippen LogP contribution in [0.25, 0.3) is 17.1 Å². The number of fused-ring (bicyclic) bond motifs is 3. The fraction of sp³-hybridized carbons (Fsp3) is 0.321. The van der Waals surface area contributed by atoms with Crippen molar-refractivity contribution < 1.29 is 18.7 Å². The third-order valence-electron chi connectivity index (χ3n) is 6.99. The molecule has 1 atom stereocenters. The number of ether oxygens (including phenoxy) is 1. The van der Waals surface area contributed by atoms with Crippen LogP contribution in [0.1, 0.15) is 43.7 Å². The fourth-order valence-electron chi connectivity index (χ4n) is 5.20. The number of para-hydroxylation sites is 1. The zero-order valence-electron chi connectivity index (χ0n) is 21.9. The summed E-state index contributed by atoms with van der Waals surface area (Å²) < 4.78 is 14.4. The summed E-state index contributed by atoms with van der Waals surface area (Å²) in [6.45, 7) is 2.63. The van der Waals surface area contributed by atoms with Gasteiger partial charge in [-0.25, -0.2) is 14.6 Å². The van der Waals surface area contributed by atoms with Crippen LogP contribution in [-0.4, -0.2) is 43.7 Å². The van der Waals surface area contributed by atoms with Crippen LogP contribution in [-0.2, 0) is 22.5 Å². The highest BCUT2D eigenvalue weighted by atomic mass is 32.2. The lowest BCUT2D eigenvalue weighted by Gasteiger charge is -2.28. The maximum atomic E-state index is 13.5. The Bertz CT molecular complexity index is 1610. The van der Waals surface area contributed by atoms with Crippen molar-refractivity contribution in [2.45, 2.75) is 50.4 Å². The molecule has 2 amide bonds. The first-order valence-corrected chi connectivity index (χ1v) is 14.3. The zero-order chi connectivity index (χ0) is 27.6. The molecule has 6 rings (SSSR count). The number of esters is 1. The minimum absolute atomic E-state index is 0.185. The number of rotatable bonds is 7. The third kappa shape index (κ3) is 4.79. The lowest BCUT2D eigenvalue weighted by Crippen LogP contribution is -2.46. The summed E-state index contributed by atoms with van der Waals surface area (Å²) >= 11 is 1.38. The molecule has 4 aliphatic rings. The van der Waals surface area contributed by atoms with Gasteiger partial charge in [0.2, 0.25) is 0 Å². The van der Waals surface area contributed by atoms with Gasteiger partial charge in [0.1, 0.15) is 17.4 Å². The monoisotopic (exact) mass is 560 g/mol. The molecule has 0 spiro atoms. The molecule has 0 saturated heterocycles. The topological polar surface area (TPSA) is 133 Å². The van der Waals surface area contributed by atoms with E-state index in [1.807, 2.05) is 30.3 Å². The largest absolute Gasteiger partial charge is 0.467 e. The highest BCUT2D eigenvalue weighted by Crippen LogP contribution is 2.34. The molecule has 11 nitrogen and oxygen atoms in total. The number of aromatic nitrogens is 4. The van der Waals surface area contributed by atoms with Gasteiger partial charge in [-0.3, -0.25) is 4.79 Å². The minimum atomic E-state index is -0.789. The van der Waals surface area contributed by atoms with Gasteiger partial charge in [0.15, 0.2) is 11.0 Å². The first kappa shape index (κ1) is 25.9. The van der Waals surface area contributed by atoms with Crippen molar-refractivity contribution in [2.75, 3.05) is 12.4 Å². The molecule has 0 unspecified atom stereocenters. The number of carbonyl (C=O) groups excluding carboxylic acids is 2. The van der Waals surface area contributed by atoms with Crippen molar-refractivity contribution in [1.82, 2.24) is 30.0 Å². The molecular weight excluding hydrogens is 532 g/mol. The summed E-state index contributed by atoms with van der Waals surface area (Å²) in [4.78, 5) is 44.0. The molecule has 2 aromatic rings. The molecule has 5 heterocycles. The van der Waals surface area contributed by atoms with E-state index < -0.39 is 18.0 Å². The first-order chi connectivity index (χ1) is 19.5. The molecular formula is C28H28N6O5S. The van der Waals surface area contributed by atoms with Crippen LogP contribution in [0.2, 0.25) is 0 Å². The normalized spacial score (nSPS) is 17.2. The van der Waals surface area contributed by atoms with Gasteiger partial charge in [0, 0.05) is 23.7 Å². The maximum absolute atomic E-state index is 13.5. The average Bonchev–Trinajstić information content (AvgIpc) is 3.53. The third-order valence-corrected chi connectivity index (χ3v) is 7.99. The van der Waals surface area contributed by atoms with Gasteiger partial charge in [0.05, 0.1) is 24.1 Å². The molecule has 40 heavy (non-hydrogen) atoms. The van der Waals surface area contributed by atoms with Gasteiger partial charge < -0.3 is 24.4 Å². The van der Waals surface area contributed by atoms with Crippen LogP contribution >= 0.6 is 11.8 Å². The van der Waals surface area contributed by atoms with E-state index in [4.69, 9.17) is 14.1 Å². The quantitative estimate of drug-likeness (QED) is 0.198. The molecule has 1 aromatic heterocycles. The fourth-order valence-corrected chi connectivity index (χ4v) is 6.20. The van der Waals surface area contributed by atoms with Crippen molar-refractivity contribution in [3.05, 3.63) is 81.8 Å². The Morgan fingerprint density at radius 3 is 2.77 bits per heavy atom. The van der Waals surface area contributed by atoms with Gasteiger partial charge in [-0.05, 0) is 50.5 Å². The summed E-state index contributed by atoms with van der Waals surface area (Å²) in [7, 11) is 0. The number of hydrogen-bond acceptors (Lipinski definition) is 8. The maximum Gasteiger partial charge on any atom is 0.338 e. The van der Waals surface area contributed by atoms with E-state index in [-0.39, 0.29) is 23.5 Å². The van der Waals surface area contributed by atoms with Gasteiger partial charge in [-0.1, -0.05) is 36.4 Å². The Labute approximate surface area is 233 Å². The average molecular weight is 561 g/mol. The predicted molar refractivity (Wildman–Crippen MR) is 147 cm³/mol. The Kier molecular flexibility index (Phi) is 7.16. The second-order valence-electron chi connectivity index (χ2n) is 9.50. The Hall–Kier alpha value is -4.32. The highest BCUT2D eigenvalue weighted by Gasteiger charge is 2.36. The molecule has 206 valence electrons. The zero-order valence-corrected chi connectivity index (χ0v) is 22.7. The van der Waals surface area contributed by atoms with Crippen molar-refractivity contribution in [3.63, 3.8) is 0 Å². The molecule has 0 aliphatic carbocycles. The van der Waals surface area contributed by atoms with Crippen molar-refractivity contribution in [2.24, 2.45) is 0 Å². The van der Waals surface area contributed by atoms with Crippen LogP contribution in [0, 0.1) is 0 Å². The summed E-state index contributed by atoms with van der Waals surface area (Å²) in [6.07, 6.45) is 5.19. The van der Waals surface area contributed by atoms with Crippen molar-refractivity contribution in [1.29, 1.82) is 0 Å². The standard InChI is InChI=1S/C28H28N6O5S/c1-2-38-26(36)21-18(29-27(37)30-23(21)20-13-9-15-39-20)16-40-28-31-24-22(19-12-7-4-8-14-33(19)28)25(35)34(32-24)17-10-5-3-6-11-17/h3,5-6,9-11,13,15,23H,2,4,7-8,12,14,16H2,1H3,(H2,29,30,37)/t23-/m0/s1. The number of urea groups is 1. The van der Waals surface area contributed by atoms with Gasteiger partial charge in [0.25, 0.3) is 5.56 Å². The van der Waals surface area contributed by atoms with E-state index in [1.54, 1.807) is 19.1 Å². The molecule has 0 radical (unpaired) electrons. The number of furan rings is 1. The summed E-state index contributed by atoms with van der Waals surface area (Å²) in [5.41, 5.74) is 2.64.